The Labute approximate surface area is 134 Å². The highest BCUT2D eigenvalue weighted by molar-refractivity contribution is 6.39. The fourth-order valence-corrected chi connectivity index (χ4v) is 3.40. The number of hydrogen-bond acceptors (Lipinski definition) is 3. The van der Waals surface area contributed by atoms with Crippen LogP contribution in [0.3, 0.4) is 0 Å². The molecule has 1 amide bonds. The molecule has 3 heterocycles. The molecule has 0 spiro atoms. The Balaban J connectivity index is 1.47. The Hall–Kier alpha value is -2.56. The second-order valence-electron chi connectivity index (χ2n) is 6.03. The number of aromatic amines is 1. The van der Waals surface area contributed by atoms with E-state index in [4.69, 9.17) is 4.84 Å². The van der Waals surface area contributed by atoms with E-state index < -0.39 is 0 Å². The number of nitrogens with zero attached hydrogens (tertiary/aromatic N) is 2. The number of amides is 1. The van der Waals surface area contributed by atoms with Crippen LogP contribution in [-0.2, 0) is 9.63 Å². The molecule has 0 unspecified atom stereocenters. The van der Waals surface area contributed by atoms with Crippen LogP contribution < -0.4 is 0 Å². The van der Waals surface area contributed by atoms with Crippen molar-refractivity contribution < 1.29 is 9.63 Å². The van der Waals surface area contributed by atoms with Crippen molar-refractivity contribution in [2.24, 2.45) is 5.16 Å². The van der Waals surface area contributed by atoms with Crippen LogP contribution in [0.1, 0.15) is 42.7 Å². The predicted octanol–water partition coefficient (Wildman–Crippen LogP) is 3.20. The molecule has 5 heteroatoms. The predicted molar refractivity (Wildman–Crippen MR) is 86.8 cm³/mol. The highest BCUT2D eigenvalue weighted by atomic mass is 16.6. The Bertz CT molecular complexity index is 709. The van der Waals surface area contributed by atoms with Gasteiger partial charge >= 0.3 is 0 Å². The molecule has 1 N–H and O–H groups in total. The summed E-state index contributed by atoms with van der Waals surface area (Å²) in [4.78, 5) is 23.5. The van der Waals surface area contributed by atoms with Crippen molar-refractivity contribution in [1.82, 2.24) is 9.88 Å². The molecule has 0 radical (unpaired) electrons. The molecular formula is C18H19N3O2. The average molecular weight is 309 g/mol. The van der Waals surface area contributed by atoms with Gasteiger partial charge in [0.05, 0.1) is 6.04 Å². The third kappa shape index (κ3) is 2.63. The van der Waals surface area contributed by atoms with E-state index in [1.165, 1.54) is 0 Å². The number of carbonyl (C=O) groups is 1. The monoisotopic (exact) mass is 309 g/mol. The number of nitrogens with one attached hydrogen (secondary N) is 1. The molecule has 118 valence electrons. The van der Waals surface area contributed by atoms with Crippen molar-refractivity contribution in [1.29, 1.82) is 0 Å². The van der Waals surface area contributed by atoms with E-state index in [-0.39, 0.29) is 18.1 Å². The molecule has 0 bridgehead atoms. The van der Waals surface area contributed by atoms with Crippen LogP contribution in [0.4, 0.5) is 0 Å². The van der Waals surface area contributed by atoms with Crippen molar-refractivity contribution in [2.75, 3.05) is 6.54 Å². The fraction of sp³-hybridized carbons (Fsp3) is 0.333. The second kappa shape index (κ2) is 5.91. The molecule has 2 atom stereocenters. The van der Waals surface area contributed by atoms with Gasteiger partial charge in [0.1, 0.15) is 5.71 Å². The van der Waals surface area contributed by atoms with Crippen molar-refractivity contribution in [2.45, 2.75) is 31.4 Å². The van der Waals surface area contributed by atoms with Gasteiger partial charge in [0.25, 0.3) is 5.91 Å². The summed E-state index contributed by atoms with van der Waals surface area (Å²) in [5.41, 5.74) is 2.67. The van der Waals surface area contributed by atoms with Gasteiger partial charge < -0.3 is 14.7 Å². The van der Waals surface area contributed by atoms with E-state index in [9.17, 15) is 4.79 Å². The first kappa shape index (κ1) is 14.1. The number of hydrogen-bond donors (Lipinski definition) is 1. The lowest BCUT2D eigenvalue weighted by atomic mass is 10.0. The second-order valence-corrected chi connectivity index (χ2v) is 6.03. The molecule has 2 aliphatic heterocycles. The number of oxime groups is 1. The maximum Gasteiger partial charge on any atom is 0.272 e. The first-order chi connectivity index (χ1) is 11.3. The number of aromatic nitrogens is 1. The van der Waals surface area contributed by atoms with Gasteiger partial charge in [-0.05, 0) is 30.5 Å². The summed E-state index contributed by atoms with van der Waals surface area (Å²) in [6.07, 6.45) is 4.30. The molecule has 1 fully saturated rings. The average Bonchev–Trinajstić information content (AvgIpc) is 3.34. The van der Waals surface area contributed by atoms with Crippen LogP contribution in [0.5, 0.6) is 0 Å². The maximum absolute atomic E-state index is 12.8. The largest absolute Gasteiger partial charge is 0.387 e. The summed E-state index contributed by atoms with van der Waals surface area (Å²) in [5.74, 6) is 0.000492. The van der Waals surface area contributed by atoms with Crippen LogP contribution in [0.2, 0.25) is 0 Å². The summed E-state index contributed by atoms with van der Waals surface area (Å²) >= 11 is 0. The summed E-state index contributed by atoms with van der Waals surface area (Å²) in [5, 5.41) is 4.07. The summed E-state index contributed by atoms with van der Waals surface area (Å²) in [6.45, 7) is 0.775. The fourth-order valence-electron chi connectivity index (χ4n) is 3.40. The van der Waals surface area contributed by atoms with Gasteiger partial charge in [-0.1, -0.05) is 35.5 Å². The minimum absolute atomic E-state index is 0.000492. The first-order valence-corrected chi connectivity index (χ1v) is 8.05. The highest BCUT2D eigenvalue weighted by Gasteiger charge is 2.36. The van der Waals surface area contributed by atoms with Gasteiger partial charge in [0, 0.05) is 24.9 Å². The number of likely N-dealkylation sites (tertiary alicyclic amines) is 1. The Morgan fingerprint density at radius 1 is 1.22 bits per heavy atom. The Morgan fingerprint density at radius 2 is 2.09 bits per heavy atom. The molecule has 23 heavy (non-hydrogen) atoms. The number of benzene rings is 1. The van der Waals surface area contributed by atoms with E-state index in [2.05, 4.69) is 10.1 Å². The van der Waals surface area contributed by atoms with Crippen LogP contribution in [0.15, 0.2) is 53.8 Å². The molecule has 1 aromatic carbocycles. The topological polar surface area (TPSA) is 57.7 Å². The van der Waals surface area contributed by atoms with E-state index in [1.54, 1.807) is 0 Å². The summed E-state index contributed by atoms with van der Waals surface area (Å²) in [6, 6.07) is 14.1. The van der Waals surface area contributed by atoms with Gasteiger partial charge in [0.2, 0.25) is 0 Å². The minimum Gasteiger partial charge on any atom is -0.387 e. The van der Waals surface area contributed by atoms with E-state index in [1.807, 2.05) is 53.6 Å². The normalized spacial score (nSPS) is 23.7. The van der Waals surface area contributed by atoms with Crippen molar-refractivity contribution in [3.8, 4) is 0 Å². The van der Waals surface area contributed by atoms with E-state index in [0.717, 1.165) is 30.6 Å². The van der Waals surface area contributed by atoms with E-state index >= 15 is 0 Å². The molecule has 2 aromatic rings. The molecule has 2 aliphatic rings. The smallest absolute Gasteiger partial charge is 0.272 e. The lowest BCUT2D eigenvalue weighted by Gasteiger charge is -2.23. The van der Waals surface area contributed by atoms with Gasteiger partial charge in [-0.25, -0.2) is 0 Å². The van der Waals surface area contributed by atoms with Gasteiger partial charge in [0.15, 0.2) is 6.10 Å². The third-order valence-electron chi connectivity index (χ3n) is 4.58. The lowest BCUT2D eigenvalue weighted by molar-refractivity contribution is -0.125. The highest BCUT2D eigenvalue weighted by Crippen LogP contribution is 2.33. The maximum atomic E-state index is 12.8. The molecule has 0 aliphatic carbocycles. The van der Waals surface area contributed by atoms with Crippen molar-refractivity contribution in [3.63, 3.8) is 0 Å². The van der Waals surface area contributed by atoms with Crippen molar-refractivity contribution >= 4 is 11.6 Å². The Kier molecular flexibility index (Phi) is 3.61. The van der Waals surface area contributed by atoms with Crippen LogP contribution in [0.25, 0.3) is 0 Å². The third-order valence-corrected chi connectivity index (χ3v) is 4.58. The van der Waals surface area contributed by atoms with Crippen LogP contribution in [0, 0.1) is 0 Å². The van der Waals surface area contributed by atoms with Gasteiger partial charge in [-0.3, -0.25) is 4.79 Å². The molecule has 0 saturated carbocycles. The SMILES string of the molecule is O=C(C1=NO[C@@H](c2ccccc2)C1)N1CCC[C@@H]1c1ccc[nH]1. The van der Waals surface area contributed by atoms with Crippen molar-refractivity contribution in [3.05, 3.63) is 59.9 Å². The quantitative estimate of drug-likeness (QED) is 0.946. The number of H-pyrrole nitrogens is 1. The summed E-state index contributed by atoms with van der Waals surface area (Å²) in [7, 11) is 0. The number of carbonyl (C=O) groups excluding carboxylic acids is 1. The minimum atomic E-state index is -0.151. The lowest BCUT2D eigenvalue weighted by Crippen LogP contribution is -2.35. The Morgan fingerprint density at radius 3 is 2.87 bits per heavy atom. The van der Waals surface area contributed by atoms with Gasteiger partial charge in [-0.15, -0.1) is 0 Å². The first-order valence-electron chi connectivity index (χ1n) is 8.05. The van der Waals surface area contributed by atoms with Crippen LogP contribution >= 0.6 is 0 Å². The van der Waals surface area contributed by atoms with E-state index in [0.29, 0.717) is 12.1 Å². The zero-order valence-electron chi connectivity index (χ0n) is 12.8. The molecule has 5 nitrogen and oxygen atoms in total. The molecule has 1 aromatic heterocycles. The standard InChI is InChI=1S/C18H19N3O2/c22-18(21-11-5-9-16(21)14-8-4-10-19-14)15-12-17(23-20-15)13-6-2-1-3-7-13/h1-4,6-8,10,16-17,19H,5,9,11-12H2/t16-,17-/m1/s1. The molecule has 4 rings (SSSR count). The molecule has 1 saturated heterocycles. The summed E-state index contributed by atoms with van der Waals surface area (Å²) < 4.78 is 0. The molecular weight excluding hydrogens is 290 g/mol. The van der Waals surface area contributed by atoms with Crippen LogP contribution in [-0.4, -0.2) is 28.0 Å². The number of rotatable bonds is 3. The zero-order chi connectivity index (χ0) is 15.6. The van der Waals surface area contributed by atoms with Gasteiger partial charge in [-0.2, -0.15) is 0 Å². The zero-order valence-corrected chi connectivity index (χ0v) is 12.8.